The first-order valence-corrected chi connectivity index (χ1v) is 9.47. The number of aromatic hydroxyl groups is 1. The Bertz CT molecular complexity index is 1200. The monoisotopic (exact) mass is 418 g/mol. The van der Waals surface area contributed by atoms with Gasteiger partial charge in [-0.3, -0.25) is 4.79 Å². The summed E-state index contributed by atoms with van der Waals surface area (Å²) in [4.78, 5) is 24.4. The van der Waals surface area contributed by atoms with Crippen molar-refractivity contribution in [3.63, 3.8) is 0 Å². The number of ether oxygens (including phenoxy) is 1. The van der Waals surface area contributed by atoms with Crippen LogP contribution in [0.25, 0.3) is 11.0 Å². The molecule has 0 atom stereocenters. The zero-order valence-corrected chi connectivity index (χ0v) is 17.4. The molecule has 0 spiro atoms. The summed E-state index contributed by atoms with van der Waals surface area (Å²) in [7, 11) is 1.67. The van der Waals surface area contributed by atoms with Crippen LogP contribution in [0.4, 0.5) is 5.69 Å². The average molecular weight is 418 g/mol. The summed E-state index contributed by atoms with van der Waals surface area (Å²) in [6, 6.07) is 19.1. The number of fused-ring (bicyclic) bond motifs is 1. The summed E-state index contributed by atoms with van der Waals surface area (Å²) < 4.78 is 5.23. The highest BCUT2D eigenvalue weighted by Gasteiger charge is 2.10. The Morgan fingerprint density at radius 3 is 2.35 bits per heavy atom. The lowest BCUT2D eigenvalue weighted by Crippen LogP contribution is -2.22. The molecule has 1 aromatic heterocycles. The third kappa shape index (κ3) is 5.45. The molecule has 31 heavy (non-hydrogen) atoms. The Balaban J connectivity index is 0.000000187. The fraction of sp³-hybridized carbons (Fsp3) is 0.130. The van der Waals surface area contributed by atoms with Gasteiger partial charge in [-0.15, -0.1) is 0 Å². The third-order valence-corrected chi connectivity index (χ3v) is 4.56. The number of anilines is 1. The lowest BCUT2D eigenvalue weighted by atomic mass is 10.2. The van der Waals surface area contributed by atoms with Gasteiger partial charge in [0.15, 0.2) is 0 Å². The second kappa shape index (κ2) is 9.53. The highest BCUT2D eigenvalue weighted by Crippen LogP contribution is 2.23. The van der Waals surface area contributed by atoms with Gasteiger partial charge in [0.05, 0.1) is 5.56 Å². The quantitative estimate of drug-likeness (QED) is 0.386. The molecule has 0 saturated heterocycles. The molecule has 0 fully saturated rings. The van der Waals surface area contributed by atoms with Crippen LogP contribution in [0.2, 0.25) is 0 Å². The van der Waals surface area contributed by atoms with Gasteiger partial charge in [-0.05, 0) is 48.9 Å². The van der Waals surface area contributed by atoms with E-state index >= 15 is 0 Å². The second-order valence-electron chi connectivity index (χ2n) is 6.78. The molecule has 4 aromatic rings. The molecule has 0 radical (unpaired) electrons. The Kier molecular flexibility index (Phi) is 6.61. The van der Waals surface area contributed by atoms with Crippen LogP contribution in [0.3, 0.4) is 0 Å². The summed E-state index contributed by atoms with van der Waals surface area (Å²) in [5, 5.41) is 19.7. The molecule has 0 aliphatic heterocycles. The van der Waals surface area contributed by atoms with Crippen LogP contribution >= 0.6 is 0 Å². The molecule has 8 heteroatoms. The first kappa shape index (κ1) is 21.5. The molecule has 158 valence electrons. The van der Waals surface area contributed by atoms with E-state index in [-0.39, 0.29) is 11.7 Å². The molecule has 1 heterocycles. The molecular formula is C23H22N4O4. The molecule has 3 aromatic carbocycles. The van der Waals surface area contributed by atoms with Crippen molar-refractivity contribution in [1.82, 2.24) is 15.4 Å². The molecule has 2 N–H and O–H groups in total. The lowest BCUT2D eigenvalue weighted by molar-refractivity contribution is -0.116. The number of rotatable bonds is 3. The molecule has 8 nitrogen and oxygen atoms in total. The Hall–Kier alpha value is -4.20. The van der Waals surface area contributed by atoms with E-state index in [1.54, 1.807) is 55.6 Å². The number of aromatic nitrogens is 3. The van der Waals surface area contributed by atoms with E-state index < -0.39 is 5.97 Å². The number of amides is 1. The van der Waals surface area contributed by atoms with Gasteiger partial charge >= 0.3 is 5.97 Å². The number of hydrogen-bond acceptors (Lipinski definition) is 6. The van der Waals surface area contributed by atoms with E-state index in [9.17, 15) is 14.7 Å². The van der Waals surface area contributed by atoms with Crippen molar-refractivity contribution in [2.24, 2.45) is 0 Å². The van der Waals surface area contributed by atoms with Crippen molar-refractivity contribution in [2.45, 2.75) is 13.8 Å². The minimum absolute atomic E-state index is 0.0525. The smallest absolute Gasteiger partial charge is 0.343 e. The maximum absolute atomic E-state index is 11.9. The van der Waals surface area contributed by atoms with Crippen LogP contribution in [0, 0.1) is 6.92 Å². The lowest BCUT2D eigenvalue weighted by Gasteiger charge is -2.15. The summed E-state index contributed by atoms with van der Waals surface area (Å²) >= 11 is 0. The number of esters is 1. The van der Waals surface area contributed by atoms with E-state index in [1.165, 1.54) is 11.8 Å². The van der Waals surface area contributed by atoms with Gasteiger partial charge in [-0.2, -0.15) is 15.4 Å². The van der Waals surface area contributed by atoms with E-state index in [1.807, 2.05) is 25.1 Å². The standard InChI is InChI=1S/C13H9N3O2.C10H13NO2/c17-13(18-10-4-2-1-3-5-10)9-6-7-11-12(8-9)15-16-14-11;1-7-4-5-9(6-10(7)13)11(3)8(2)12/h1-8H,(H,14,15,16);4-6,13H,1-3H3. The normalized spacial score (nSPS) is 10.2. The minimum atomic E-state index is -0.411. The predicted octanol–water partition coefficient (Wildman–Crippen LogP) is 3.86. The number of benzene rings is 3. The topological polar surface area (TPSA) is 108 Å². The minimum Gasteiger partial charge on any atom is -0.508 e. The number of carbonyl (C=O) groups excluding carboxylic acids is 2. The summed E-state index contributed by atoms with van der Waals surface area (Å²) in [5.41, 5.74) is 3.31. The van der Waals surface area contributed by atoms with Gasteiger partial charge in [0.2, 0.25) is 5.91 Å². The number of H-pyrrole nitrogens is 1. The zero-order chi connectivity index (χ0) is 22.4. The van der Waals surface area contributed by atoms with E-state index in [2.05, 4.69) is 15.4 Å². The average Bonchev–Trinajstić information content (AvgIpc) is 3.24. The number of nitrogens with one attached hydrogen (secondary N) is 1. The predicted molar refractivity (Wildman–Crippen MR) is 117 cm³/mol. The molecule has 1 amide bonds. The van der Waals surface area contributed by atoms with Crippen molar-refractivity contribution in [2.75, 3.05) is 11.9 Å². The summed E-state index contributed by atoms with van der Waals surface area (Å²) in [5.74, 6) is 0.266. The van der Waals surface area contributed by atoms with Crippen molar-refractivity contribution >= 4 is 28.6 Å². The molecule has 4 rings (SSSR count). The SMILES string of the molecule is CC(=O)N(C)c1ccc(C)c(O)c1.O=C(Oc1ccccc1)c1ccc2n[nH]nc2c1. The van der Waals surface area contributed by atoms with Crippen LogP contribution in [-0.2, 0) is 4.79 Å². The van der Waals surface area contributed by atoms with Gasteiger partial charge in [0, 0.05) is 25.7 Å². The number of nitrogens with zero attached hydrogens (tertiary/aromatic N) is 3. The van der Waals surface area contributed by atoms with Crippen molar-refractivity contribution in [3.05, 3.63) is 77.9 Å². The molecular weight excluding hydrogens is 396 g/mol. The Morgan fingerprint density at radius 1 is 0.968 bits per heavy atom. The maximum atomic E-state index is 11.9. The molecule has 0 bridgehead atoms. The fourth-order valence-corrected chi connectivity index (χ4v) is 2.61. The Labute approximate surface area is 179 Å². The maximum Gasteiger partial charge on any atom is 0.343 e. The number of aromatic amines is 1. The van der Waals surface area contributed by atoms with Crippen molar-refractivity contribution < 1.29 is 19.4 Å². The van der Waals surface area contributed by atoms with E-state index in [0.29, 0.717) is 28.0 Å². The zero-order valence-electron chi connectivity index (χ0n) is 17.4. The number of phenols is 1. The summed E-state index contributed by atoms with van der Waals surface area (Å²) in [6.07, 6.45) is 0. The molecule has 0 saturated carbocycles. The van der Waals surface area contributed by atoms with Gasteiger partial charge in [-0.1, -0.05) is 24.3 Å². The second-order valence-corrected chi connectivity index (χ2v) is 6.78. The van der Waals surface area contributed by atoms with E-state index in [0.717, 1.165) is 5.56 Å². The van der Waals surface area contributed by atoms with Gasteiger partial charge < -0.3 is 14.7 Å². The van der Waals surface area contributed by atoms with Crippen LogP contribution in [0.5, 0.6) is 11.5 Å². The fourth-order valence-electron chi connectivity index (χ4n) is 2.61. The number of para-hydroxylation sites is 1. The molecule has 0 aliphatic rings. The third-order valence-electron chi connectivity index (χ3n) is 4.56. The van der Waals surface area contributed by atoms with Crippen LogP contribution in [-0.4, -0.2) is 39.4 Å². The molecule has 0 unspecified atom stereocenters. The Morgan fingerprint density at radius 2 is 1.68 bits per heavy atom. The highest BCUT2D eigenvalue weighted by atomic mass is 16.5. The highest BCUT2D eigenvalue weighted by molar-refractivity contribution is 5.94. The largest absolute Gasteiger partial charge is 0.508 e. The van der Waals surface area contributed by atoms with Crippen molar-refractivity contribution in [3.8, 4) is 11.5 Å². The first-order chi connectivity index (χ1) is 14.8. The van der Waals surface area contributed by atoms with E-state index in [4.69, 9.17) is 4.74 Å². The first-order valence-electron chi connectivity index (χ1n) is 9.47. The number of carbonyl (C=O) groups is 2. The number of aryl methyl sites for hydroxylation is 1. The number of hydrogen-bond donors (Lipinski definition) is 2. The van der Waals surface area contributed by atoms with Gasteiger partial charge in [0.25, 0.3) is 0 Å². The van der Waals surface area contributed by atoms with Crippen molar-refractivity contribution in [1.29, 1.82) is 0 Å². The van der Waals surface area contributed by atoms with Crippen LogP contribution in [0.1, 0.15) is 22.8 Å². The number of phenolic OH excluding ortho intramolecular Hbond substituents is 1. The van der Waals surface area contributed by atoms with Crippen LogP contribution in [0.15, 0.2) is 66.7 Å². The molecule has 0 aliphatic carbocycles. The van der Waals surface area contributed by atoms with Crippen LogP contribution < -0.4 is 9.64 Å². The van der Waals surface area contributed by atoms with Gasteiger partial charge in [-0.25, -0.2) is 4.79 Å². The summed E-state index contributed by atoms with van der Waals surface area (Å²) in [6.45, 7) is 3.30. The van der Waals surface area contributed by atoms with Gasteiger partial charge in [0.1, 0.15) is 22.5 Å².